The maximum absolute atomic E-state index is 12.1. The van der Waals surface area contributed by atoms with Crippen LogP contribution in [0.25, 0.3) is 0 Å². The van der Waals surface area contributed by atoms with Gasteiger partial charge in [0.2, 0.25) is 0 Å². The van der Waals surface area contributed by atoms with Gasteiger partial charge in [-0.05, 0) is 32.1 Å². The molecule has 0 aromatic rings. The highest BCUT2D eigenvalue weighted by atomic mass is 16.4. The lowest BCUT2D eigenvalue weighted by Crippen LogP contribution is -2.49. The van der Waals surface area contributed by atoms with Crippen molar-refractivity contribution in [3.8, 4) is 0 Å². The van der Waals surface area contributed by atoms with E-state index in [1.165, 1.54) is 6.42 Å². The Kier molecular flexibility index (Phi) is 6.67. The number of carbonyl (C=O) groups is 2. The zero-order valence-electron chi connectivity index (χ0n) is 12.0. The molecule has 19 heavy (non-hydrogen) atoms. The average Bonchev–Trinajstić information content (AvgIpc) is 2.39. The van der Waals surface area contributed by atoms with Gasteiger partial charge in [0.05, 0.1) is 5.92 Å². The second-order valence-corrected chi connectivity index (χ2v) is 5.39. The van der Waals surface area contributed by atoms with Crippen LogP contribution in [-0.4, -0.2) is 41.1 Å². The number of nitrogens with one attached hydrogen (secondary N) is 1. The van der Waals surface area contributed by atoms with Crippen LogP contribution in [0.4, 0.5) is 4.79 Å². The summed E-state index contributed by atoms with van der Waals surface area (Å²) < 4.78 is 0. The number of carbonyl (C=O) groups excluding carboxylic acids is 1. The summed E-state index contributed by atoms with van der Waals surface area (Å²) in [4.78, 5) is 24.7. The number of likely N-dealkylation sites (tertiary alicyclic amines) is 1. The largest absolute Gasteiger partial charge is 0.481 e. The number of rotatable bonds is 6. The smallest absolute Gasteiger partial charge is 0.317 e. The van der Waals surface area contributed by atoms with Crippen LogP contribution in [0, 0.1) is 5.92 Å². The van der Waals surface area contributed by atoms with Gasteiger partial charge >= 0.3 is 12.0 Å². The molecule has 5 nitrogen and oxygen atoms in total. The molecule has 0 aliphatic carbocycles. The standard InChI is InChI=1S/C14H26N2O3/c1-3-6-12-7-4-5-10-16(12)14(19)15-9-8-11(2)13(17)18/h11-12H,3-10H2,1-2H3,(H,15,19)(H,17,18). The lowest BCUT2D eigenvalue weighted by molar-refractivity contribution is -0.141. The van der Waals surface area contributed by atoms with E-state index in [0.29, 0.717) is 19.0 Å². The SMILES string of the molecule is CCCC1CCCCN1C(=O)NCCC(C)C(=O)O. The predicted octanol–water partition coefficient (Wildman–Crippen LogP) is 2.46. The molecule has 1 rings (SSSR count). The molecule has 2 amide bonds. The molecule has 0 spiro atoms. The van der Waals surface area contributed by atoms with Crippen molar-refractivity contribution >= 4 is 12.0 Å². The number of nitrogens with zero attached hydrogens (tertiary/aromatic N) is 1. The molecule has 2 unspecified atom stereocenters. The van der Waals surface area contributed by atoms with E-state index in [-0.39, 0.29) is 6.03 Å². The van der Waals surface area contributed by atoms with E-state index in [1.54, 1.807) is 6.92 Å². The molecule has 1 fully saturated rings. The third-order valence-corrected chi connectivity index (χ3v) is 3.79. The molecular weight excluding hydrogens is 244 g/mol. The first-order chi connectivity index (χ1) is 9.06. The van der Waals surface area contributed by atoms with Crippen molar-refractivity contribution in [2.24, 2.45) is 5.92 Å². The van der Waals surface area contributed by atoms with Gasteiger partial charge in [-0.25, -0.2) is 4.79 Å². The first-order valence-electron chi connectivity index (χ1n) is 7.33. The van der Waals surface area contributed by atoms with Gasteiger partial charge in [-0.2, -0.15) is 0 Å². The first kappa shape index (κ1) is 15.8. The van der Waals surface area contributed by atoms with Crippen LogP contribution in [0.2, 0.25) is 0 Å². The summed E-state index contributed by atoms with van der Waals surface area (Å²) >= 11 is 0. The maximum Gasteiger partial charge on any atom is 0.317 e. The Hall–Kier alpha value is -1.26. The van der Waals surface area contributed by atoms with E-state index in [4.69, 9.17) is 5.11 Å². The van der Waals surface area contributed by atoms with Crippen LogP contribution in [0.15, 0.2) is 0 Å². The number of carboxylic acids is 1. The Morgan fingerprint density at radius 3 is 2.79 bits per heavy atom. The third kappa shape index (κ3) is 5.09. The van der Waals surface area contributed by atoms with Gasteiger partial charge in [-0.1, -0.05) is 20.3 Å². The second kappa shape index (κ2) is 8.02. The van der Waals surface area contributed by atoms with E-state index >= 15 is 0 Å². The quantitative estimate of drug-likeness (QED) is 0.779. The summed E-state index contributed by atoms with van der Waals surface area (Å²) in [6.45, 7) is 5.06. The lowest BCUT2D eigenvalue weighted by atomic mass is 9.99. The monoisotopic (exact) mass is 270 g/mol. The number of amides is 2. The Morgan fingerprint density at radius 2 is 2.16 bits per heavy atom. The molecule has 1 saturated heterocycles. The molecule has 2 atom stereocenters. The van der Waals surface area contributed by atoms with Crippen molar-refractivity contribution in [1.29, 1.82) is 0 Å². The molecule has 0 saturated carbocycles. The van der Waals surface area contributed by atoms with Crippen LogP contribution < -0.4 is 5.32 Å². The first-order valence-corrected chi connectivity index (χ1v) is 7.33. The minimum atomic E-state index is -0.809. The number of carboxylic acid groups (broad SMARTS) is 1. The lowest BCUT2D eigenvalue weighted by Gasteiger charge is -2.35. The fraction of sp³-hybridized carbons (Fsp3) is 0.857. The van der Waals surface area contributed by atoms with E-state index in [9.17, 15) is 9.59 Å². The van der Waals surface area contributed by atoms with Gasteiger partial charge < -0.3 is 15.3 Å². The van der Waals surface area contributed by atoms with Crippen LogP contribution in [0.1, 0.15) is 52.4 Å². The number of piperidine rings is 1. The Morgan fingerprint density at radius 1 is 1.42 bits per heavy atom. The predicted molar refractivity (Wildman–Crippen MR) is 74.1 cm³/mol. The van der Waals surface area contributed by atoms with Gasteiger partial charge in [0.15, 0.2) is 0 Å². The summed E-state index contributed by atoms with van der Waals surface area (Å²) in [6.07, 6.45) is 5.98. The van der Waals surface area contributed by atoms with Gasteiger partial charge in [-0.15, -0.1) is 0 Å². The highest BCUT2D eigenvalue weighted by molar-refractivity contribution is 5.74. The summed E-state index contributed by atoms with van der Waals surface area (Å²) in [7, 11) is 0. The number of hydrogen-bond donors (Lipinski definition) is 2. The number of aliphatic carboxylic acids is 1. The van der Waals surface area contributed by atoms with Crippen LogP contribution in [-0.2, 0) is 4.79 Å². The van der Waals surface area contributed by atoms with Gasteiger partial charge in [0, 0.05) is 19.1 Å². The molecular formula is C14H26N2O3. The molecule has 0 aromatic carbocycles. The summed E-state index contributed by atoms with van der Waals surface area (Å²) in [5, 5.41) is 11.6. The van der Waals surface area contributed by atoms with Crippen molar-refractivity contribution in [1.82, 2.24) is 10.2 Å². The van der Waals surface area contributed by atoms with Crippen LogP contribution >= 0.6 is 0 Å². The highest BCUT2D eigenvalue weighted by Crippen LogP contribution is 2.20. The average molecular weight is 270 g/mol. The topological polar surface area (TPSA) is 69.6 Å². The third-order valence-electron chi connectivity index (χ3n) is 3.79. The summed E-state index contributed by atoms with van der Waals surface area (Å²) in [6, 6.07) is 0.325. The highest BCUT2D eigenvalue weighted by Gasteiger charge is 2.25. The zero-order chi connectivity index (χ0) is 14.3. The van der Waals surface area contributed by atoms with E-state index < -0.39 is 11.9 Å². The minimum Gasteiger partial charge on any atom is -0.481 e. The van der Waals surface area contributed by atoms with Crippen molar-refractivity contribution in [3.05, 3.63) is 0 Å². The number of hydrogen-bond acceptors (Lipinski definition) is 2. The van der Waals surface area contributed by atoms with Gasteiger partial charge in [0.25, 0.3) is 0 Å². The molecule has 0 radical (unpaired) electrons. The molecule has 1 heterocycles. The van der Waals surface area contributed by atoms with E-state index in [0.717, 1.165) is 32.2 Å². The Balaban J connectivity index is 2.36. The Bertz CT molecular complexity index is 305. The summed E-state index contributed by atoms with van der Waals surface area (Å²) in [5.74, 6) is -1.22. The molecule has 0 bridgehead atoms. The van der Waals surface area contributed by atoms with Gasteiger partial charge in [-0.3, -0.25) is 4.79 Å². The van der Waals surface area contributed by atoms with Crippen LogP contribution in [0.5, 0.6) is 0 Å². The van der Waals surface area contributed by atoms with Crippen molar-refractivity contribution in [3.63, 3.8) is 0 Å². The van der Waals surface area contributed by atoms with Crippen LogP contribution in [0.3, 0.4) is 0 Å². The molecule has 2 N–H and O–H groups in total. The Labute approximate surface area is 115 Å². The molecule has 1 aliphatic rings. The molecule has 110 valence electrons. The van der Waals surface area contributed by atoms with Crippen molar-refractivity contribution in [2.75, 3.05) is 13.1 Å². The zero-order valence-corrected chi connectivity index (χ0v) is 12.0. The second-order valence-electron chi connectivity index (χ2n) is 5.39. The van der Waals surface area contributed by atoms with Crippen molar-refractivity contribution < 1.29 is 14.7 Å². The number of urea groups is 1. The van der Waals surface area contributed by atoms with Gasteiger partial charge in [0.1, 0.15) is 0 Å². The van der Waals surface area contributed by atoms with Crippen molar-refractivity contribution in [2.45, 2.75) is 58.4 Å². The normalized spacial score (nSPS) is 20.9. The van der Waals surface area contributed by atoms with E-state index in [2.05, 4.69) is 12.2 Å². The summed E-state index contributed by atoms with van der Waals surface area (Å²) in [5.41, 5.74) is 0. The fourth-order valence-corrected chi connectivity index (χ4v) is 2.52. The molecule has 0 aromatic heterocycles. The molecule has 1 aliphatic heterocycles. The maximum atomic E-state index is 12.1. The molecule has 5 heteroatoms. The minimum absolute atomic E-state index is 0.0317. The fourth-order valence-electron chi connectivity index (χ4n) is 2.52. The van der Waals surface area contributed by atoms with E-state index in [1.807, 2.05) is 4.90 Å².